The number of rotatable bonds is 15. The molecule has 2 N–H and O–H groups in total. The number of benzene rings is 1. The van der Waals surface area contributed by atoms with E-state index in [-0.39, 0.29) is 11.6 Å². The van der Waals surface area contributed by atoms with Gasteiger partial charge in [0.15, 0.2) is 0 Å². The zero-order chi connectivity index (χ0) is 28.6. The van der Waals surface area contributed by atoms with E-state index in [1.54, 1.807) is 26.8 Å². The van der Waals surface area contributed by atoms with Crippen molar-refractivity contribution in [2.24, 2.45) is 0 Å². The quantitative estimate of drug-likeness (QED) is 0.251. The molecule has 1 saturated heterocycles. The fourth-order valence-corrected chi connectivity index (χ4v) is 6.44. The van der Waals surface area contributed by atoms with Crippen LogP contribution in [0.5, 0.6) is 0 Å². The predicted molar refractivity (Wildman–Crippen MR) is 154 cm³/mol. The Kier molecular flexibility index (Phi) is 10.7. The van der Waals surface area contributed by atoms with E-state index in [2.05, 4.69) is 16.6 Å². The van der Waals surface area contributed by atoms with Crippen molar-refractivity contribution in [3.05, 3.63) is 56.9 Å². The molecule has 2 heterocycles. The number of aromatic nitrogens is 1. The molecule has 0 saturated carbocycles. The van der Waals surface area contributed by atoms with Crippen molar-refractivity contribution in [2.45, 2.75) is 98.0 Å². The number of H-pyrrole nitrogens is 1. The normalized spacial score (nSPS) is 15.6. The highest BCUT2D eigenvalue weighted by Crippen LogP contribution is 2.38. The smallest absolute Gasteiger partial charge is 0.423 e. The maximum atomic E-state index is 13.2. The molecule has 2 aromatic rings. The van der Waals surface area contributed by atoms with Crippen molar-refractivity contribution in [2.75, 3.05) is 15.4 Å². The molecule has 0 bridgehead atoms. The summed E-state index contributed by atoms with van der Waals surface area (Å²) in [5.74, 6) is -0.631. The Labute approximate surface area is 231 Å². The lowest BCUT2D eigenvalue weighted by Gasteiger charge is -2.21. The fraction of sp³-hybridized carbons (Fsp3) is 0.552. The highest BCUT2D eigenvalue weighted by Gasteiger charge is 2.44. The Morgan fingerprint density at radius 3 is 2.13 bits per heavy atom. The minimum atomic E-state index is -3.62. The predicted octanol–water partition coefficient (Wildman–Crippen LogP) is 6.19. The number of carbonyl (C=O) groups is 2. The van der Waals surface area contributed by atoms with Gasteiger partial charge in [0.25, 0.3) is 5.91 Å². The third-order valence-corrected chi connectivity index (χ3v) is 8.50. The summed E-state index contributed by atoms with van der Waals surface area (Å²) in [7, 11) is -3.62. The Morgan fingerprint density at radius 1 is 0.897 bits per heavy atom. The van der Waals surface area contributed by atoms with Gasteiger partial charge in [-0.3, -0.25) is 14.3 Å². The molecule has 1 aliphatic rings. The fourth-order valence-electron chi connectivity index (χ4n) is 5.12. The molecule has 1 unspecified atom stereocenters. The summed E-state index contributed by atoms with van der Waals surface area (Å²) in [5.41, 5.74) is 2.28. The Bertz CT molecular complexity index is 1340. The van der Waals surface area contributed by atoms with Crippen LogP contribution in [0.3, 0.4) is 0 Å². The second kappa shape index (κ2) is 13.8. The standard InChI is InChI=1S/C29H41N3O6S/c1-5-6-7-8-9-10-11-12-13-14-18-39(36,37)31-26-21(3)19-20(2)25(22(26)4)27-28(34)32(29(35)38-27)23-16-15-17-24(33)30-23/h15-17,19,27,31H,5-14,18H2,1-4H3,(H,30,33). The van der Waals surface area contributed by atoms with Crippen LogP contribution in [0.15, 0.2) is 29.1 Å². The van der Waals surface area contributed by atoms with Crippen LogP contribution in [0.2, 0.25) is 0 Å². The molecule has 2 amide bonds. The molecule has 1 aromatic heterocycles. The number of unbranched alkanes of at least 4 members (excludes halogenated alkanes) is 9. The third-order valence-electron chi connectivity index (χ3n) is 7.16. The van der Waals surface area contributed by atoms with Gasteiger partial charge in [-0.2, -0.15) is 4.90 Å². The number of anilines is 2. The van der Waals surface area contributed by atoms with Gasteiger partial charge in [-0.1, -0.05) is 76.8 Å². The number of sulfonamides is 1. The van der Waals surface area contributed by atoms with E-state index in [0.717, 1.165) is 24.2 Å². The van der Waals surface area contributed by atoms with Crippen molar-refractivity contribution in [1.29, 1.82) is 0 Å². The third kappa shape index (κ3) is 7.94. The second-order valence-corrected chi connectivity index (χ2v) is 12.2. The van der Waals surface area contributed by atoms with E-state index >= 15 is 0 Å². The first-order chi connectivity index (χ1) is 18.6. The van der Waals surface area contributed by atoms with Gasteiger partial charge in [0.1, 0.15) is 5.82 Å². The van der Waals surface area contributed by atoms with Crippen LogP contribution in [-0.2, 0) is 19.6 Å². The number of pyridine rings is 1. The van der Waals surface area contributed by atoms with E-state index in [1.165, 1.54) is 56.7 Å². The van der Waals surface area contributed by atoms with Crippen LogP contribution in [0.25, 0.3) is 0 Å². The minimum absolute atomic E-state index is 0.0120. The number of carbonyl (C=O) groups excluding carboxylic acids is 2. The summed E-state index contributed by atoms with van der Waals surface area (Å²) in [5, 5.41) is 0. The zero-order valence-corrected chi connectivity index (χ0v) is 24.3. The maximum absolute atomic E-state index is 13.2. The molecule has 39 heavy (non-hydrogen) atoms. The van der Waals surface area contributed by atoms with Crippen LogP contribution in [0.1, 0.15) is 99.5 Å². The van der Waals surface area contributed by atoms with Gasteiger partial charge >= 0.3 is 6.09 Å². The second-order valence-electron chi connectivity index (χ2n) is 10.4. The summed E-state index contributed by atoms with van der Waals surface area (Å²) in [4.78, 5) is 40.8. The summed E-state index contributed by atoms with van der Waals surface area (Å²) < 4.78 is 34.0. The van der Waals surface area contributed by atoms with Crippen molar-refractivity contribution in [3.63, 3.8) is 0 Å². The van der Waals surface area contributed by atoms with E-state index < -0.39 is 33.7 Å². The molecule has 1 fully saturated rings. The lowest BCUT2D eigenvalue weighted by atomic mass is 9.93. The van der Waals surface area contributed by atoms with Gasteiger partial charge in [-0.15, -0.1) is 0 Å². The van der Waals surface area contributed by atoms with Gasteiger partial charge in [0.2, 0.25) is 21.7 Å². The molecule has 1 aromatic carbocycles. The maximum Gasteiger partial charge on any atom is 0.423 e. The number of ether oxygens (including phenoxy) is 1. The topological polar surface area (TPSA) is 126 Å². The number of hydrogen-bond donors (Lipinski definition) is 2. The van der Waals surface area contributed by atoms with E-state index in [0.29, 0.717) is 34.4 Å². The van der Waals surface area contributed by atoms with Crippen molar-refractivity contribution < 1.29 is 22.7 Å². The van der Waals surface area contributed by atoms with E-state index in [4.69, 9.17) is 4.74 Å². The zero-order valence-electron chi connectivity index (χ0n) is 23.5. The van der Waals surface area contributed by atoms with E-state index in [9.17, 15) is 22.8 Å². The summed E-state index contributed by atoms with van der Waals surface area (Å²) >= 11 is 0. The lowest BCUT2D eigenvalue weighted by Crippen LogP contribution is -2.31. The average molecular weight is 560 g/mol. The summed E-state index contributed by atoms with van der Waals surface area (Å²) in [6.07, 6.45) is 8.96. The van der Waals surface area contributed by atoms with Crippen LogP contribution < -0.4 is 15.2 Å². The largest absolute Gasteiger partial charge is 0.430 e. The highest BCUT2D eigenvalue weighted by molar-refractivity contribution is 7.92. The minimum Gasteiger partial charge on any atom is -0.430 e. The number of aryl methyl sites for hydroxylation is 2. The number of aromatic amines is 1. The van der Waals surface area contributed by atoms with Crippen LogP contribution in [-0.4, -0.2) is 31.2 Å². The number of amides is 2. The van der Waals surface area contributed by atoms with E-state index in [1.807, 2.05) is 0 Å². The Morgan fingerprint density at radius 2 is 1.51 bits per heavy atom. The monoisotopic (exact) mass is 559 g/mol. The average Bonchev–Trinajstić information content (AvgIpc) is 3.16. The number of nitrogens with one attached hydrogen (secondary N) is 2. The van der Waals surface area contributed by atoms with Crippen molar-refractivity contribution >= 4 is 33.5 Å². The van der Waals surface area contributed by atoms with Gasteiger partial charge in [-0.25, -0.2) is 13.2 Å². The van der Waals surface area contributed by atoms with Crippen LogP contribution in [0, 0.1) is 20.8 Å². The highest BCUT2D eigenvalue weighted by atomic mass is 32.2. The van der Waals surface area contributed by atoms with Gasteiger partial charge in [0, 0.05) is 11.6 Å². The molecule has 1 atom stereocenters. The van der Waals surface area contributed by atoms with Gasteiger partial charge in [-0.05, 0) is 49.9 Å². The Balaban J connectivity index is 1.65. The first kappa shape index (κ1) is 30.4. The first-order valence-corrected chi connectivity index (χ1v) is 15.6. The van der Waals surface area contributed by atoms with Gasteiger partial charge in [0.05, 0.1) is 11.4 Å². The first-order valence-electron chi connectivity index (χ1n) is 13.9. The molecule has 9 nitrogen and oxygen atoms in total. The van der Waals surface area contributed by atoms with Crippen LogP contribution >= 0.6 is 0 Å². The molecule has 1 aliphatic heterocycles. The van der Waals surface area contributed by atoms with Gasteiger partial charge < -0.3 is 9.72 Å². The van der Waals surface area contributed by atoms with Crippen LogP contribution in [0.4, 0.5) is 16.3 Å². The molecule has 10 heteroatoms. The molecule has 3 rings (SSSR count). The molecule has 0 spiro atoms. The molecular weight excluding hydrogens is 518 g/mol. The molecule has 0 radical (unpaired) electrons. The number of imide groups is 1. The molecule has 214 valence electrons. The van der Waals surface area contributed by atoms with Crippen molar-refractivity contribution in [3.8, 4) is 0 Å². The number of hydrogen-bond acceptors (Lipinski definition) is 6. The number of nitrogens with zero attached hydrogens (tertiary/aromatic N) is 1. The SMILES string of the molecule is CCCCCCCCCCCCS(=O)(=O)Nc1c(C)cc(C)c(C2OC(=O)N(c3cccc(=O)[nH]3)C2=O)c1C. The van der Waals surface area contributed by atoms with Crippen molar-refractivity contribution in [1.82, 2.24) is 4.98 Å². The Hall–Kier alpha value is -3.14. The lowest BCUT2D eigenvalue weighted by molar-refractivity contribution is -0.122. The molecule has 0 aliphatic carbocycles. The summed E-state index contributed by atoms with van der Waals surface area (Å²) in [6, 6.07) is 5.92. The molecular formula is C29H41N3O6S. The summed E-state index contributed by atoms with van der Waals surface area (Å²) in [6.45, 7) is 7.50. The number of cyclic esters (lactones) is 1.